The lowest BCUT2D eigenvalue weighted by molar-refractivity contribution is -0.130. The molecule has 2 aromatic rings. The molecule has 0 bridgehead atoms. The summed E-state index contributed by atoms with van der Waals surface area (Å²) in [7, 11) is 0. The molecule has 2 amide bonds. The summed E-state index contributed by atoms with van der Waals surface area (Å²) in [6.07, 6.45) is 0.939. The van der Waals surface area contributed by atoms with Crippen LogP contribution in [-0.4, -0.2) is 18.4 Å². The number of hydrazine groups is 1. The van der Waals surface area contributed by atoms with E-state index in [1.54, 1.807) is 0 Å². The molecule has 0 saturated carbocycles. The van der Waals surface area contributed by atoms with Crippen molar-refractivity contribution in [3.63, 3.8) is 0 Å². The van der Waals surface area contributed by atoms with Crippen LogP contribution >= 0.6 is 0 Å². The summed E-state index contributed by atoms with van der Waals surface area (Å²) in [4.78, 5) is 23.7. The van der Waals surface area contributed by atoms with Gasteiger partial charge in [0.15, 0.2) is 6.61 Å². The van der Waals surface area contributed by atoms with Gasteiger partial charge in [-0.15, -0.1) is 0 Å². The van der Waals surface area contributed by atoms with Crippen molar-refractivity contribution in [2.24, 2.45) is 0 Å². The highest BCUT2D eigenvalue weighted by Gasteiger charge is 2.08. The number of ether oxygens (including phenoxy) is 1. The van der Waals surface area contributed by atoms with E-state index in [0.29, 0.717) is 18.6 Å². The number of amides is 2. The molecule has 2 N–H and O–H groups in total. The Bertz CT molecular complexity index is 800. The van der Waals surface area contributed by atoms with Crippen molar-refractivity contribution in [1.82, 2.24) is 10.9 Å². The molecule has 26 heavy (non-hydrogen) atoms. The van der Waals surface area contributed by atoms with Crippen LogP contribution in [-0.2, 0) is 16.0 Å². The summed E-state index contributed by atoms with van der Waals surface area (Å²) in [6, 6.07) is 12.0. The SMILES string of the molecule is Cc1ccc(CCC(=O)NNC(=O)COc2cc(C)ccc2C)c(C)c1. The number of aryl methyl sites for hydroxylation is 5. The highest BCUT2D eigenvalue weighted by Crippen LogP contribution is 2.18. The maximum Gasteiger partial charge on any atom is 0.276 e. The minimum Gasteiger partial charge on any atom is -0.483 e. The van der Waals surface area contributed by atoms with E-state index >= 15 is 0 Å². The third-order valence-electron chi connectivity index (χ3n) is 4.16. The average molecular weight is 354 g/mol. The van der Waals surface area contributed by atoms with E-state index < -0.39 is 5.91 Å². The monoisotopic (exact) mass is 354 g/mol. The highest BCUT2D eigenvalue weighted by molar-refractivity contribution is 5.82. The van der Waals surface area contributed by atoms with E-state index in [4.69, 9.17) is 4.74 Å². The van der Waals surface area contributed by atoms with Gasteiger partial charge in [0.05, 0.1) is 0 Å². The summed E-state index contributed by atoms with van der Waals surface area (Å²) in [5, 5.41) is 0. The Kier molecular flexibility index (Phi) is 6.78. The van der Waals surface area contributed by atoms with E-state index in [0.717, 1.165) is 16.7 Å². The smallest absolute Gasteiger partial charge is 0.276 e. The fourth-order valence-electron chi connectivity index (χ4n) is 2.62. The van der Waals surface area contributed by atoms with Crippen LogP contribution in [0.2, 0.25) is 0 Å². The fourth-order valence-corrected chi connectivity index (χ4v) is 2.62. The Hall–Kier alpha value is -2.82. The zero-order chi connectivity index (χ0) is 19.1. The molecule has 138 valence electrons. The van der Waals surface area contributed by atoms with Crippen LogP contribution in [0.4, 0.5) is 0 Å². The van der Waals surface area contributed by atoms with Gasteiger partial charge in [-0.3, -0.25) is 20.4 Å². The molecule has 0 aliphatic rings. The van der Waals surface area contributed by atoms with Crippen molar-refractivity contribution in [2.45, 2.75) is 40.5 Å². The Morgan fingerprint density at radius 3 is 2.23 bits per heavy atom. The Balaban J connectivity index is 1.73. The number of benzene rings is 2. The average Bonchev–Trinajstić information content (AvgIpc) is 2.60. The summed E-state index contributed by atoms with van der Waals surface area (Å²) >= 11 is 0. The van der Waals surface area contributed by atoms with Crippen molar-refractivity contribution >= 4 is 11.8 Å². The minimum absolute atomic E-state index is 0.151. The highest BCUT2D eigenvalue weighted by atomic mass is 16.5. The van der Waals surface area contributed by atoms with Gasteiger partial charge in [0.25, 0.3) is 5.91 Å². The predicted octanol–water partition coefficient (Wildman–Crippen LogP) is 3.08. The molecule has 5 heteroatoms. The van der Waals surface area contributed by atoms with Crippen LogP contribution in [0.25, 0.3) is 0 Å². The van der Waals surface area contributed by atoms with Crippen molar-refractivity contribution in [2.75, 3.05) is 6.61 Å². The second kappa shape index (κ2) is 9.04. The molecule has 0 aromatic heterocycles. The van der Waals surface area contributed by atoms with Gasteiger partial charge in [0, 0.05) is 6.42 Å². The number of hydrogen-bond donors (Lipinski definition) is 2. The van der Waals surface area contributed by atoms with Crippen molar-refractivity contribution in [3.05, 3.63) is 64.2 Å². The van der Waals surface area contributed by atoms with E-state index in [1.165, 1.54) is 11.1 Å². The second-order valence-corrected chi connectivity index (χ2v) is 6.58. The minimum atomic E-state index is -0.397. The van der Waals surface area contributed by atoms with Crippen LogP contribution in [0, 0.1) is 27.7 Å². The summed E-state index contributed by atoms with van der Waals surface area (Å²) < 4.78 is 5.50. The number of carbonyl (C=O) groups is 2. The van der Waals surface area contributed by atoms with Gasteiger partial charge in [-0.2, -0.15) is 0 Å². The standard InChI is InChI=1S/C21H26N2O3/c1-14-6-8-18(17(4)11-14)9-10-20(24)22-23-21(25)13-26-19-12-15(2)5-7-16(19)3/h5-8,11-12H,9-10,13H2,1-4H3,(H,22,24)(H,23,25). The maximum absolute atomic E-state index is 11.9. The van der Waals surface area contributed by atoms with Crippen LogP contribution in [0.1, 0.15) is 34.2 Å². The van der Waals surface area contributed by atoms with Gasteiger partial charge in [0.1, 0.15) is 5.75 Å². The van der Waals surface area contributed by atoms with Gasteiger partial charge >= 0.3 is 0 Å². The number of carbonyl (C=O) groups excluding carboxylic acids is 2. The predicted molar refractivity (Wildman–Crippen MR) is 102 cm³/mol. The molecule has 0 spiro atoms. The lowest BCUT2D eigenvalue weighted by Crippen LogP contribution is -2.43. The molecule has 0 radical (unpaired) electrons. The summed E-state index contributed by atoms with van der Waals surface area (Å²) in [6.45, 7) is 7.80. The van der Waals surface area contributed by atoms with Gasteiger partial charge in [-0.05, 0) is 62.4 Å². The van der Waals surface area contributed by atoms with Gasteiger partial charge < -0.3 is 4.74 Å². The Morgan fingerprint density at radius 2 is 1.50 bits per heavy atom. The molecule has 0 heterocycles. The molecule has 0 aliphatic carbocycles. The molecule has 0 atom stereocenters. The molecule has 0 aliphatic heterocycles. The van der Waals surface area contributed by atoms with E-state index in [1.807, 2.05) is 58.0 Å². The lowest BCUT2D eigenvalue weighted by atomic mass is 10.0. The van der Waals surface area contributed by atoms with Gasteiger partial charge in [0.2, 0.25) is 5.91 Å². The van der Waals surface area contributed by atoms with Gasteiger partial charge in [-0.25, -0.2) is 0 Å². The zero-order valence-electron chi connectivity index (χ0n) is 15.8. The fraction of sp³-hybridized carbons (Fsp3) is 0.333. The molecular weight excluding hydrogens is 328 g/mol. The van der Waals surface area contributed by atoms with Crippen molar-refractivity contribution < 1.29 is 14.3 Å². The van der Waals surface area contributed by atoms with Crippen LogP contribution in [0.5, 0.6) is 5.75 Å². The lowest BCUT2D eigenvalue weighted by Gasteiger charge is -2.11. The summed E-state index contributed by atoms with van der Waals surface area (Å²) in [5.41, 5.74) is 10.3. The van der Waals surface area contributed by atoms with Crippen LogP contribution in [0.3, 0.4) is 0 Å². The first-order valence-electron chi connectivity index (χ1n) is 8.69. The molecule has 0 fully saturated rings. The number of rotatable bonds is 6. The van der Waals surface area contributed by atoms with E-state index in [2.05, 4.69) is 16.9 Å². The maximum atomic E-state index is 11.9. The molecule has 0 saturated heterocycles. The first-order chi connectivity index (χ1) is 12.3. The third kappa shape index (κ3) is 5.92. The van der Waals surface area contributed by atoms with Gasteiger partial charge in [-0.1, -0.05) is 35.9 Å². The van der Waals surface area contributed by atoms with E-state index in [-0.39, 0.29) is 12.5 Å². The molecule has 5 nitrogen and oxygen atoms in total. The first-order valence-corrected chi connectivity index (χ1v) is 8.69. The van der Waals surface area contributed by atoms with Crippen LogP contribution in [0.15, 0.2) is 36.4 Å². The Labute approximate surface area is 154 Å². The topological polar surface area (TPSA) is 67.4 Å². The number of nitrogens with one attached hydrogen (secondary N) is 2. The van der Waals surface area contributed by atoms with Crippen molar-refractivity contribution in [1.29, 1.82) is 0 Å². The van der Waals surface area contributed by atoms with E-state index in [9.17, 15) is 9.59 Å². The van der Waals surface area contributed by atoms with Crippen molar-refractivity contribution in [3.8, 4) is 5.75 Å². The number of hydrogen-bond acceptors (Lipinski definition) is 3. The molecular formula is C21H26N2O3. The molecule has 2 aromatic carbocycles. The van der Waals surface area contributed by atoms with Crippen LogP contribution < -0.4 is 15.6 Å². The normalized spacial score (nSPS) is 10.3. The third-order valence-corrected chi connectivity index (χ3v) is 4.16. The Morgan fingerprint density at radius 1 is 0.846 bits per heavy atom. The second-order valence-electron chi connectivity index (χ2n) is 6.58. The largest absolute Gasteiger partial charge is 0.483 e. The zero-order valence-corrected chi connectivity index (χ0v) is 15.8. The quantitative estimate of drug-likeness (QED) is 0.784. The first kappa shape index (κ1) is 19.5. The summed E-state index contributed by atoms with van der Waals surface area (Å²) in [5.74, 6) is 0.0390. The molecule has 2 rings (SSSR count). The molecule has 0 unspecified atom stereocenters.